The van der Waals surface area contributed by atoms with Crippen LogP contribution in [0.25, 0.3) is 0 Å². The molecule has 1 N–H and O–H groups in total. The molecule has 6 nitrogen and oxygen atoms in total. The highest BCUT2D eigenvalue weighted by atomic mass is 16.6. The number of nitrogens with zero attached hydrogens (tertiary/aromatic N) is 3. The van der Waals surface area contributed by atoms with E-state index < -0.39 is 4.92 Å². The molecular weight excluding hydrogens is 246 g/mol. The quantitative estimate of drug-likeness (QED) is 0.663. The minimum absolute atomic E-state index is 0.122. The minimum Gasteiger partial charge on any atom is -0.393 e. The Morgan fingerprint density at radius 1 is 1.37 bits per heavy atom. The molecule has 0 radical (unpaired) electrons. The van der Waals surface area contributed by atoms with Crippen molar-refractivity contribution in [2.75, 3.05) is 11.4 Å². The number of nitro groups is 1. The SMILES string of the molecule is O=[N+]([O-])c1ccc(N2CCC(O)CC2C2CC2)cn1. The maximum Gasteiger partial charge on any atom is 0.363 e. The summed E-state index contributed by atoms with van der Waals surface area (Å²) in [5.41, 5.74) is 0.925. The molecule has 2 fully saturated rings. The predicted octanol–water partition coefficient (Wildman–Crippen LogP) is 1.73. The van der Waals surface area contributed by atoms with Gasteiger partial charge in [0.2, 0.25) is 0 Å². The molecule has 6 heteroatoms. The van der Waals surface area contributed by atoms with Crippen LogP contribution in [0.5, 0.6) is 0 Å². The lowest BCUT2D eigenvalue weighted by Gasteiger charge is -2.39. The second kappa shape index (κ2) is 4.77. The molecule has 1 saturated heterocycles. The van der Waals surface area contributed by atoms with Crippen LogP contribution in [0.1, 0.15) is 25.7 Å². The van der Waals surface area contributed by atoms with E-state index in [2.05, 4.69) is 9.88 Å². The molecule has 0 bridgehead atoms. The van der Waals surface area contributed by atoms with Gasteiger partial charge < -0.3 is 20.1 Å². The van der Waals surface area contributed by atoms with Crippen molar-refractivity contribution < 1.29 is 10.0 Å². The molecule has 2 unspecified atom stereocenters. The zero-order valence-corrected chi connectivity index (χ0v) is 10.6. The summed E-state index contributed by atoms with van der Waals surface area (Å²) in [5.74, 6) is 0.536. The van der Waals surface area contributed by atoms with Gasteiger partial charge in [-0.1, -0.05) is 0 Å². The molecule has 3 rings (SSSR count). The van der Waals surface area contributed by atoms with Gasteiger partial charge in [0.1, 0.15) is 0 Å². The predicted molar refractivity (Wildman–Crippen MR) is 70.0 cm³/mol. The Balaban J connectivity index is 1.80. The molecule has 0 aromatic carbocycles. The Bertz CT molecular complexity index is 473. The van der Waals surface area contributed by atoms with E-state index in [9.17, 15) is 15.2 Å². The first kappa shape index (κ1) is 12.3. The van der Waals surface area contributed by atoms with E-state index in [1.807, 2.05) is 0 Å². The first-order valence-corrected chi connectivity index (χ1v) is 6.70. The van der Waals surface area contributed by atoms with Crippen molar-refractivity contribution in [2.24, 2.45) is 5.92 Å². The van der Waals surface area contributed by atoms with Gasteiger partial charge in [0, 0.05) is 18.7 Å². The number of hydrogen-bond donors (Lipinski definition) is 1. The van der Waals surface area contributed by atoms with Gasteiger partial charge in [-0.15, -0.1) is 0 Å². The molecule has 2 aliphatic rings. The van der Waals surface area contributed by atoms with E-state index in [1.165, 1.54) is 18.9 Å². The molecule has 1 saturated carbocycles. The first-order valence-electron chi connectivity index (χ1n) is 6.70. The monoisotopic (exact) mass is 263 g/mol. The highest BCUT2D eigenvalue weighted by Crippen LogP contribution is 2.41. The molecule has 19 heavy (non-hydrogen) atoms. The summed E-state index contributed by atoms with van der Waals surface area (Å²) in [5, 5.41) is 20.4. The van der Waals surface area contributed by atoms with E-state index in [4.69, 9.17) is 0 Å². The summed E-state index contributed by atoms with van der Waals surface area (Å²) in [6.45, 7) is 0.793. The molecule has 1 aliphatic carbocycles. The second-order valence-electron chi connectivity index (χ2n) is 5.41. The van der Waals surface area contributed by atoms with E-state index >= 15 is 0 Å². The highest BCUT2D eigenvalue weighted by molar-refractivity contribution is 5.48. The number of hydrogen-bond acceptors (Lipinski definition) is 5. The van der Waals surface area contributed by atoms with Gasteiger partial charge in [0.15, 0.2) is 6.20 Å². The van der Waals surface area contributed by atoms with Gasteiger partial charge in [-0.05, 0) is 47.6 Å². The van der Waals surface area contributed by atoms with Crippen molar-refractivity contribution in [3.05, 3.63) is 28.4 Å². The third-order valence-electron chi connectivity index (χ3n) is 4.03. The lowest BCUT2D eigenvalue weighted by atomic mass is 9.95. The number of anilines is 1. The van der Waals surface area contributed by atoms with Gasteiger partial charge >= 0.3 is 5.82 Å². The lowest BCUT2D eigenvalue weighted by molar-refractivity contribution is -0.389. The van der Waals surface area contributed by atoms with Crippen LogP contribution in [0.4, 0.5) is 11.5 Å². The first-order chi connectivity index (χ1) is 9.15. The molecule has 1 aliphatic heterocycles. The van der Waals surface area contributed by atoms with Crippen LogP contribution in [-0.2, 0) is 0 Å². The molecular formula is C13H17N3O3. The summed E-state index contributed by atoms with van der Waals surface area (Å²) >= 11 is 0. The number of aliphatic hydroxyl groups is 1. The number of rotatable bonds is 3. The fraction of sp³-hybridized carbons (Fsp3) is 0.615. The molecule has 0 amide bonds. The van der Waals surface area contributed by atoms with Crippen LogP contribution < -0.4 is 4.90 Å². The molecule has 1 aromatic rings. The summed E-state index contributed by atoms with van der Waals surface area (Å²) < 4.78 is 0. The lowest BCUT2D eigenvalue weighted by Crippen LogP contribution is -2.45. The fourth-order valence-corrected chi connectivity index (χ4v) is 2.88. The van der Waals surface area contributed by atoms with Crippen LogP contribution in [0, 0.1) is 16.0 Å². The Kier molecular flexibility index (Phi) is 3.10. The molecule has 2 heterocycles. The molecule has 102 valence electrons. The number of aliphatic hydroxyl groups excluding tert-OH is 1. The van der Waals surface area contributed by atoms with Gasteiger partial charge in [0.25, 0.3) is 0 Å². The Hall–Kier alpha value is -1.69. The van der Waals surface area contributed by atoms with Crippen LogP contribution in [-0.4, -0.2) is 33.7 Å². The standard InChI is InChI=1S/C13H17N3O3/c17-11-5-6-15(12(7-11)9-1-2-9)10-3-4-13(14-8-10)16(18)19/h3-4,8-9,11-12,17H,1-2,5-7H2. The third kappa shape index (κ3) is 2.53. The van der Waals surface area contributed by atoms with Crippen molar-refractivity contribution in [1.82, 2.24) is 4.98 Å². The zero-order chi connectivity index (χ0) is 13.4. The van der Waals surface area contributed by atoms with Gasteiger partial charge in [-0.3, -0.25) is 0 Å². The fourth-order valence-electron chi connectivity index (χ4n) is 2.88. The minimum atomic E-state index is -0.484. The number of pyridine rings is 1. The Morgan fingerprint density at radius 2 is 2.16 bits per heavy atom. The Labute approximate surface area is 111 Å². The summed E-state index contributed by atoms with van der Waals surface area (Å²) in [6, 6.07) is 3.56. The maximum atomic E-state index is 10.6. The van der Waals surface area contributed by atoms with E-state index in [0.717, 1.165) is 25.1 Å². The van der Waals surface area contributed by atoms with Crippen LogP contribution in [0.15, 0.2) is 18.3 Å². The molecule has 1 aromatic heterocycles. The average Bonchev–Trinajstić information content (AvgIpc) is 3.23. The average molecular weight is 263 g/mol. The molecule has 0 spiro atoms. The smallest absolute Gasteiger partial charge is 0.363 e. The summed E-state index contributed by atoms with van der Waals surface area (Å²) in [7, 11) is 0. The number of piperidine rings is 1. The van der Waals surface area contributed by atoms with Crippen molar-refractivity contribution in [3.8, 4) is 0 Å². The third-order valence-corrected chi connectivity index (χ3v) is 4.03. The van der Waals surface area contributed by atoms with Gasteiger partial charge in [-0.25, -0.2) is 0 Å². The Morgan fingerprint density at radius 3 is 2.74 bits per heavy atom. The van der Waals surface area contributed by atoms with E-state index in [1.54, 1.807) is 12.3 Å². The number of aromatic nitrogens is 1. The maximum absolute atomic E-state index is 10.6. The van der Waals surface area contributed by atoms with Crippen molar-refractivity contribution in [3.63, 3.8) is 0 Å². The van der Waals surface area contributed by atoms with Crippen LogP contribution >= 0.6 is 0 Å². The zero-order valence-electron chi connectivity index (χ0n) is 10.6. The largest absolute Gasteiger partial charge is 0.393 e. The van der Waals surface area contributed by atoms with Crippen molar-refractivity contribution in [2.45, 2.75) is 37.8 Å². The second-order valence-corrected chi connectivity index (χ2v) is 5.41. The topological polar surface area (TPSA) is 79.5 Å². The van der Waals surface area contributed by atoms with Crippen LogP contribution in [0.2, 0.25) is 0 Å². The van der Waals surface area contributed by atoms with Gasteiger partial charge in [0.05, 0.1) is 11.8 Å². The van der Waals surface area contributed by atoms with Crippen molar-refractivity contribution >= 4 is 11.5 Å². The van der Waals surface area contributed by atoms with E-state index in [0.29, 0.717) is 12.0 Å². The normalized spacial score (nSPS) is 27.3. The van der Waals surface area contributed by atoms with Crippen LogP contribution in [0.3, 0.4) is 0 Å². The van der Waals surface area contributed by atoms with Crippen molar-refractivity contribution in [1.29, 1.82) is 0 Å². The molecule has 2 atom stereocenters. The van der Waals surface area contributed by atoms with Gasteiger partial charge in [-0.2, -0.15) is 0 Å². The summed E-state index contributed by atoms with van der Waals surface area (Å²) in [4.78, 5) is 16.3. The highest BCUT2D eigenvalue weighted by Gasteiger charge is 2.39. The summed E-state index contributed by atoms with van der Waals surface area (Å²) in [6.07, 6.45) is 5.34. The van der Waals surface area contributed by atoms with E-state index in [-0.39, 0.29) is 11.9 Å².